The number of carbonyl (C=O) groups excluding carboxylic acids is 2. The van der Waals surface area contributed by atoms with E-state index in [1.165, 1.54) is 0 Å². The Hall–Kier alpha value is -2.15. The Morgan fingerprint density at radius 2 is 1.88 bits per heavy atom. The molecule has 0 N–H and O–H groups in total. The number of hydrogen-bond donors (Lipinski definition) is 0. The van der Waals surface area contributed by atoms with Gasteiger partial charge in [-0.2, -0.15) is 0 Å². The maximum Gasteiger partial charge on any atom is 0.343 e. The molecule has 1 aromatic heterocycles. The van der Waals surface area contributed by atoms with Crippen LogP contribution in [0.2, 0.25) is 0 Å². The molecule has 34 heavy (non-hydrogen) atoms. The van der Waals surface area contributed by atoms with Gasteiger partial charge in [0, 0.05) is 37.1 Å². The number of hydrogen-bond acceptors (Lipinski definition) is 5. The number of carbonyl (C=O) groups is 2. The summed E-state index contributed by atoms with van der Waals surface area (Å²) in [5.74, 6) is 0.794. The van der Waals surface area contributed by atoms with E-state index in [0.29, 0.717) is 30.5 Å². The Morgan fingerprint density at radius 3 is 2.50 bits per heavy atom. The van der Waals surface area contributed by atoms with E-state index < -0.39 is 5.97 Å². The fourth-order valence-electron chi connectivity index (χ4n) is 5.42. The lowest BCUT2D eigenvalue weighted by Crippen LogP contribution is -2.47. The van der Waals surface area contributed by atoms with Gasteiger partial charge in [0.05, 0.1) is 6.61 Å². The van der Waals surface area contributed by atoms with Gasteiger partial charge >= 0.3 is 5.97 Å². The fourth-order valence-corrected chi connectivity index (χ4v) is 5.42. The lowest BCUT2D eigenvalue weighted by Gasteiger charge is -2.37. The van der Waals surface area contributed by atoms with Crippen molar-refractivity contribution in [1.29, 1.82) is 0 Å². The van der Waals surface area contributed by atoms with Crippen molar-refractivity contribution in [2.24, 2.45) is 17.3 Å². The molecule has 1 saturated carbocycles. The van der Waals surface area contributed by atoms with E-state index in [9.17, 15) is 9.59 Å². The van der Waals surface area contributed by atoms with Crippen molar-refractivity contribution in [3.63, 3.8) is 0 Å². The van der Waals surface area contributed by atoms with Crippen LogP contribution in [-0.2, 0) is 14.3 Å². The van der Waals surface area contributed by atoms with Crippen molar-refractivity contribution in [3.05, 3.63) is 17.8 Å². The first kappa shape index (κ1) is 25.0. The highest BCUT2D eigenvalue weighted by Gasteiger charge is 2.38. The van der Waals surface area contributed by atoms with Gasteiger partial charge in [-0.1, -0.05) is 26.8 Å². The number of ether oxygens (including phenoxy) is 2. The standard InChI is InChI=1S/C27H41N3O4/c1-5-34-26(32)23-18-29(21-10-14-27(3,4)15-11-21)28-24(23)30(22-12-16-33-17-13-22)25(31)20-8-6-19(2)7-9-20/h10,18-20,22H,5-9,11-17H2,1-4H3. The van der Waals surface area contributed by atoms with E-state index in [-0.39, 0.29) is 29.9 Å². The highest BCUT2D eigenvalue weighted by molar-refractivity contribution is 6.02. The van der Waals surface area contributed by atoms with E-state index >= 15 is 0 Å². The number of amides is 1. The Labute approximate surface area is 203 Å². The first-order chi connectivity index (χ1) is 16.3. The van der Waals surface area contributed by atoms with Crippen LogP contribution in [0.15, 0.2) is 12.3 Å². The van der Waals surface area contributed by atoms with Gasteiger partial charge in [-0.25, -0.2) is 9.48 Å². The molecule has 7 nitrogen and oxygen atoms in total. The molecule has 0 radical (unpaired) electrons. The summed E-state index contributed by atoms with van der Waals surface area (Å²) in [6.45, 7) is 10.1. The van der Waals surface area contributed by atoms with Gasteiger partial charge in [0.25, 0.3) is 0 Å². The Bertz CT molecular complexity index is 905. The summed E-state index contributed by atoms with van der Waals surface area (Å²) in [5.41, 5.74) is 1.74. The van der Waals surface area contributed by atoms with Gasteiger partial charge in [-0.05, 0) is 76.0 Å². The van der Waals surface area contributed by atoms with Gasteiger partial charge in [0.15, 0.2) is 5.82 Å². The molecule has 2 fully saturated rings. The molecular formula is C27H41N3O4. The summed E-state index contributed by atoms with van der Waals surface area (Å²) < 4.78 is 12.8. The molecule has 0 unspecified atom stereocenters. The zero-order chi connectivity index (χ0) is 24.3. The molecule has 0 bridgehead atoms. The number of allylic oxidation sites excluding steroid dienone is 2. The third-order valence-electron chi connectivity index (χ3n) is 7.82. The third-order valence-corrected chi connectivity index (χ3v) is 7.82. The molecule has 4 rings (SSSR count). The molecule has 2 heterocycles. The van der Waals surface area contributed by atoms with E-state index in [4.69, 9.17) is 14.6 Å². The van der Waals surface area contributed by atoms with Crippen molar-refractivity contribution >= 4 is 23.4 Å². The predicted molar refractivity (Wildman–Crippen MR) is 133 cm³/mol. The molecule has 1 amide bonds. The Balaban J connectivity index is 1.72. The molecule has 0 aromatic carbocycles. The van der Waals surface area contributed by atoms with Crippen LogP contribution in [0.4, 0.5) is 5.82 Å². The van der Waals surface area contributed by atoms with E-state index in [0.717, 1.165) is 63.5 Å². The molecule has 3 aliphatic rings. The first-order valence-corrected chi connectivity index (χ1v) is 13.2. The van der Waals surface area contributed by atoms with Gasteiger partial charge < -0.3 is 9.47 Å². The number of anilines is 1. The average molecular weight is 472 g/mol. The zero-order valence-corrected chi connectivity index (χ0v) is 21.3. The lowest BCUT2D eigenvalue weighted by atomic mass is 9.80. The summed E-state index contributed by atoms with van der Waals surface area (Å²) in [6, 6.07) is -0.0172. The number of rotatable bonds is 6. The van der Waals surface area contributed by atoms with E-state index in [2.05, 4.69) is 26.8 Å². The van der Waals surface area contributed by atoms with Crippen molar-refractivity contribution < 1.29 is 19.1 Å². The minimum atomic E-state index is -0.414. The molecule has 7 heteroatoms. The second kappa shape index (κ2) is 10.6. The molecule has 188 valence electrons. The maximum atomic E-state index is 14.0. The fraction of sp³-hybridized carbons (Fsp3) is 0.741. The van der Waals surface area contributed by atoms with Crippen LogP contribution in [0.1, 0.15) is 95.8 Å². The van der Waals surface area contributed by atoms with Crippen LogP contribution in [0, 0.1) is 17.3 Å². The molecule has 0 spiro atoms. The maximum absolute atomic E-state index is 14.0. The molecule has 1 saturated heterocycles. The largest absolute Gasteiger partial charge is 0.462 e. The highest BCUT2D eigenvalue weighted by atomic mass is 16.5. The first-order valence-electron chi connectivity index (χ1n) is 13.2. The Morgan fingerprint density at radius 1 is 1.18 bits per heavy atom. The quantitative estimate of drug-likeness (QED) is 0.516. The number of nitrogens with zero attached hydrogens (tertiary/aromatic N) is 3. The van der Waals surface area contributed by atoms with Gasteiger partial charge in [-0.3, -0.25) is 9.69 Å². The zero-order valence-electron chi connectivity index (χ0n) is 21.3. The van der Waals surface area contributed by atoms with Gasteiger partial charge in [-0.15, -0.1) is 5.10 Å². The van der Waals surface area contributed by atoms with Gasteiger partial charge in [0.1, 0.15) is 5.56 Å². The Kier molecular flexibility index (Phi) is 7.80. The highest BCUT2D eigenvalue weighted by Crippen LogP contribution is 2.38. The van der Waals surface area contributed by atoms with Crippen LogP contribution in [0.25, 0.3) is 5.70 Å². The summed E-state index contributed by atoms with van der Waals surface area (Å²) in [7, 11) is 0. The van der Waals surface area contributed by atoms with Crippen molar-refractivity contribution in [1.82, 2.24) is 9.78 Å². The number of aromatic nitrogens is 2. The SMILES string of the molecule is CCOC(=O)c1cn(C2=CCC(C)(C)CC2)nc1N(C(=O)C1CCC(C)CC1)C1CCOCC1. The molecular weight excluding hydrogens is 430 g/mol. The third kappa shape index (κ3) is 5.56. The minimum Gasteiger partial charge on any atom is -0.462 e. The van der Waals surface area contributed by atoms with Crippen LogP contribution in [0.3, 0.4) is 0 Å². The van der Waals surface area contributed by atoms with E-state index in [1.807, 2.05) is 9.58 Å². The molecule has 1 aliphatic heterocycles. The second-order valence-corrected chi connectivity index (χ2v) is 11.1. The smallest absolute Gasteiger partial charge is 0.343 e. The summed E-state index contributed by atoms with van der Waals surface area (Å²) in [4.78, 5) is 28.9. The number of esters is 1. The van der Waals surface area contributed by atoms with Crippen molar-refractivity contribution in [2.45, 2.75) is 91.5 Å². The van der Waals surface area contributed by atoms with Gasteiger partial charge in [0.2, 0.25) is 5.91 Å². The van der Waals surface area contributed by atoms with Crippen molar-refractivity contribution in [2.75, 3.05) is 24.7 Å². The lowest BCUT2D eigenvalue weighted by molar-refractivity contribution is -0.124. The summed E-state index contributed by atoms with van der Waals surface area (Å²) >= 11 is 0. The normalized spacial score (nSPS) is 25.5. The van der Waals surface area contributed by atoms with Crippen LogP contribution in [0.5, 0.6) is 0 Å². The monoisotopic (exact) mass is 471 g/mol. The van der Waals surface area contributed by atoms with E-state index in [1.54, 1.807) is 13.1 Å². The predicted octanol–water partition coefficient (Wildman–Crippen LogP) is 5.45. The minimum absolute atomic E-state index is 0.0172. The molecule has 1 aromatic rings. The summed E-state index contributed by atoms with van der Waals surface area (Å²) in [5, 5.41) is 4.90. The topological polar surface area (TPSA) is 73.7 Å². The summed E-state index contributed by atoms with van der Waals surface area (Å²) in [6.07, 6.45) is 12.4. The van der Waals surface area contributed by atoms with Crippen molar-refractivity contribution in [3.8, 4) is 0 Å². The molecule has 0 atom stereocenters. The molecule has 2 aliphatic carbocycles. The van der Waals surface area contributed by atoms with Crippen LogP contribution >= 0.6 is 0 Å². The van der Waals surface area contributed by atoms with Crippen LogP contribution in [-0.4, -0.2) is 47.5 Å². The average Bonchev–Trinajstić information content (AvgIpc) is 3.25. The second-order valence-electron chi connectivity index (χ2n) is 11.1. The van der Waals surface area contributed by atoms with Crippen LogP contribution < -0.4 is 4.90 Å².